The fraction of sp³-hybridized carbons (Fsp3) is 0.273. The molecule has 0 aromatic heterocycles. The highest BCUT2D eigenvalue weighted by molar-refractivity contribution is 6.30. The van der Waals surface area contributed by atoms with Crippen molar-refractivity contribution in [2.75, 3.05) is 6.61 Å². The molecule has 1 unspecified atom stereocenters. The molecule has 0 fully saturated rings. The monoisotopic (exact) mass is 260 g/mol. The topological polar surface area (TPSA) is 47.3 Å². The quantitative estimate of drug-likeness (QED) is 0.498. The lowest BCUT2D eigenvalue weighted by Gasteiger charge is -2.18. The number of ether oxygens (including phenoxy) is 1. The van der Waals surface area contributed by atoms with Gasteiger partial charge in [0.1, 0.15) is 23.4 Å². The van der Waals surface area contributed by atoms with Crippen LogP contribution in [0.4, 0.5) is 8.78 Å². The molecule has 0 bridgehead atoms. The van der Waals surface area contributed by atoms with Crippen LogP contribution in [0.15, 0.2) is 24.0 Å². The second-order valence-electron chi connectivity index (χ2n) is 3.63. The molecule has 0 amide bonds. The summed E-state index contributed by atoms with van der Waals surface area (Å²) in [6.07, 6.45) is 2.52. The Kier molecular flexibility index (Phi) is 3.61. The fourth-order valence-electron chi connectivity index (χ4n) is 1.72. The van der Waals surface area contributed by atoms with Gasteiger partial charge in [0.15, 0.2) is 0 Å². The minimum absolute atomic E-state index is 0.0718. The van der Waals surface area contributed by atoms with Crippen molar-refractivity contribution < 1.29 is 13.5 Å². The largest absolute Gasteiger partial charge is 0.496 e. The number of benzene rings is 1. The Balaban J connectivity index is 2.40. The Morgan fingerprint density at radius 1 is 1.35 bits per heavy atom. The van der Waals surface area contributed by atoms with Crippen molar-refractivity contribution >= 4 is 11.6 Å². The lowest BCUT2D eigenvalue weighted by atomic mass is 10.0. The van der Waals surface area contributed by atoms with Crippen LogP contribution in [0.3, 0.4) is 0 Å². The van der Waals surface area contributed by atoms with Gasteiger partial charge in [-0.05, 0) is 18.2 Å². The average Bonchev–Trinajstić information content (AvgIpc) is 2.80. The van der Waals surface area contributed by atoms with Crippen molar-refractivity contribution in [3.8, 4) is 0 Å². The molecule has 0 spiro atoms. The smallest absolute Gasteiger partial charge is 0.142 e. The molecule has 0 saturated carbocycles. The van der Waals surface area contributed by atoms with Gasteiger partial charge in [0, 0.05) is 12.0 Å². The highest BCUT2D eigenvalue weighted by atomic mass is 35.5. The van der Waals surface area contributed by atoms with Crippen molar-refractivity contribution in [1.29, 1.82) is 0 Å². The van der Waals surface area contributed by atoms with Gasteiger partial charge in [-0.2, -0.15) is 0 Å². The lowest BCUT2D eigenvalue weighted by molar-refractivity contribution is 0.214. The standard InChI is InChI=1S/C11H11ClF2N2O/c12-7-5-8(13)6(4-9(7)14)11(16-15)10-2-1-3-17-10/h2,4-5,11,16H,1,3,15H2. The summed E-state index contributed by atoms with van der Waals surface area (Å²) in [7, 11) is 0. The third-order valence-electron chi connectivity index (χ3n) is 2.53. The minimum atomic E-state index is -0.704. The second kappa shape index (κ2) is 5.00. The SMILES string of the molecule is NNC(C1=CCCO1)c1cc(F)c(Cl)cc1F. The molecule has 3 N–H and O–H groups in total. The van der Waals surface area contributed by atoms with E-state index in [0.717, 1.165) is 18.6 Å². The van der Waals surface area contributed by atoms with Crippen molar-refractivity contribution in [2.45, 2.75) is 12.5 Å². The highest BCUT2D eigenvalue weighted by Gasteiger charge is 2.24. The zero-order valence-corrected chi connectivity index (χ0v) is 9.60. The lowest BCUT2D eigenvalue weighted by Crippen LogP contribution is -2.30. The summed E-state index contributed by atoms with van der Waals surface area (Å²) in [5.41, 5.74) is 2.48. The maximum atomic E-state index is 13.7. The van der Waals surface area contributed by atoms with Gasteiger partial charge < -0.3 is 4.74 Å². The first-order chi connectivity index (χ1) is 8.13. The zero-order chi connectivity index (χ0) is 12.4. The molecule has 1 aliphatic rings. The van der Waals surface area contributed by atoms with Gasteiger partial charge in [0.25, 0.3) is 0 Å². The first-order valence-electron chi connectivity index (χ1n) is 5.07. The van der Waals surface area contributed by atoms with Crippen molar-refractivity contribution in [1.82, 2.24) is 5.43 Å². The van der Waals surface area contributed by atoms with E-state index in [1.54, 1.807) is 6.08 Å². The molecule has 2 rings (SSSR count). The van der Waals surface area contributed by atoms with Crippen LogP contribution in [-0.4, -0.2) is 6.61 Å². The minimum Gasteiger partial charge on any atom is -0.496 e. The van der Waals surface area contributed by atoms with E-state index in [-0.39, 0.29) is 10.6 Å². The third kappa shape index (κ3) is 2.41. The fourth-order valence-corrected chi connectivity index (χ4v) is 1.87. The number of halogens is 3. The van der Waals surface area contributed by atoms with Crippen molar-refractivity contribution in [3.05, 3.63) is 46.2 Å². The first-order valence-corrected chi connectivity index (χ1v) is 5.44. The van der Waals surface area contributed by atoms with E-state index in [1.165, 1.54) is 0 Å². The third-order valence-corrected chi connectivity index (χ3v) is 2.82. The Hall–Kier alpha value is -1.17. The molecule has 1 aromatic rings. The molecular formula is C11H11ClF2N2O. The van der Waals surface area contributed by atoms with Crippen LogP contribution in [0.2, 0.25) is 5.02 Å². The molecule has 0 aliphatic carbocycles. The second-order valence-corrected chi connectivity index (χ2v) is 4.04. The summed E-state index contributed by atoms with van der Waals surface area (Å²) < 4.78 is 32.3. The normalized spacial score (nSPS) is 16.6. The predicted molar refractivity (Wildman–Crippen MR) is 60.1 cm³/mol. The maximum absolute atomic E-state index is 13.7. The highest BCUT2D eigenvalue weighted by Crippen LogP contribution is 2.30. The molecular weight excluding hydrogens is 250 g/mol. The molecule has 1 aromatic carbocycles. The summed E-state index contributed by atoms with van der Waals surface area (Å²) in [6, 6.07) is 1.24. The maximum Gasteiger partial charge on any atom is 0.142 e. The molecule has 17 heavy (non-hydrogen) atoms. The van der Waals surface area contributed by atoms with Crippen molar-refractivity contribution in [2.24, 2.45) is 5.84 Å². The van der Waals surface area contributed by atoms with Gasteiger partial charge in [-0.15, -0.1) is 0 Å². The average molecular weight is 261 g/mol. The van der Waals surface area contributed by atoms with Crippen LogP contribution >= 0.6 is 11.6 Å². The Morgan fingerprint density at radius 2 is 2.12 bits per heavy atom. The van der Waals surface area contributed by atoms with E-state index in [0.29, 0.717) is 12.4 Å². The Labute approximate surface area is 102 Å². The molecule has 3 nitrogen and oxygen atoms in total. The molecule has 1 aliphatic heterocycles. The number of nitrogens with two attached hydrogens (primary N) is 1. The van der Waals surface area contributed by atoms with E-state index in [9.17, 15) is 8.78 Å². The van der Waals surface area contributed by atoms with Crippen LogP contribution < -0.4 is 11.3 Å². The van der Waals surface area contributed by atoms with E-state index in [1.807, 2.05) is 0 Å². The number of hydrogen-bond acceptors (Lipinski definition) is 3. The number of rotatable bonds is 3. The van der Waals surface area contributed by atoms with Crippen LogP contribution in [0.5, 0.6) is 0 Å². The predicted octanol–water partition coefficient (Wildman–Crippen LogP) is 2.43. The number of hydrazine groups is 1. The van der Waals surface area contributed by atoms with E-state index < -0.39 is 17.7 Å². The zero-order valence-electron chi connectivity index (χ0n) is 8.84. The summed E-state index contributed by atoms with van der Waals surface area (Å²) in [4.78, 5) is 0. The summed E-state index contributed by atoms with van der Waals surface area (Å²) >= 11 is 5.48. The van der Waals surface area contributed by atoms with Crippen LogP contribution in [0, 0.1) is 11.6 Å². The van der Waals surface area contributed by atoms with Gasteiger partial charge in [0.05, 0.1) is 11.6 Å². The van der Waals surface area contributed by atoms with Crippen molar-refractivity contribution in [3.63, 3.8) is 0 Å². The summed E-state index contributed by atoms with van der Waals surface area (Å²) in [5, 5.41) is -0.261. The number of hydrogen-bond donors (Lipinski definition) is 2. The van der Waals surface area contributed by atoms with E-state index in [4.69, 9.17) is 22.2 Å². The van der Waals surface area contributed by atoms with Gasteiger partial charge >= 0.3 is 0 Å². The molecule has 92 valence electrons. The Bertz CT molecular complexity index is 465. The Morgan fingerprint density at radius 3 is 2.71 bits per heavy atom. The molecule has 0 saturated heterocycles. The van der Waals surface area contributed by atoms with Crippen LogP contribution in [0.1, 0.15) is 18.0 Å². The molecule has 0 radical (unpaired) electrons. The molecule has 6 heteroatoms. The first kappa shape index (κ1) is 12.3. The number of nitrogens with one attached hydrogen (secondary N) is 1. The van der Waals surface area contributed by atoms with E-state index in [2.05, 4.69) is 5.43 Å². The summed E-state index contributed by atoms with van der Waals surface area (Å²) in [5.74, 6) is 4.52. The van der Waals surface area contributed by atoms with Crippen LogP contribution in [0.25, 0.3) is 0 Å². The van der Waals surface area contributed by atoms with Gasteiger partial charge in [-0.3, -0.25) is 5.84 Å². The van der Waals surface area contributed by atoms with Gasteiger partial charge in [-0.25, -0.2) is 14.2 Å². The molecule has 1 heterocycles. The molecule has 1 atom stereocenters. The van der Waals surface area contributed by atoms with Gasteiger partial charge in [0.2, 0.25) is 0 Å². The van der Waals surface area contributed by atoms with Gasteiger partial charge in [-0.1, -0.05) is 11.6 Å². The van der Waals surface area contributed by atoms with E-state index >= 15 is 0 Å². The summed E-state index contributed by atoms with van der Waals surface area (Å²) in [6.45, 7) is 0.519. The van der Waals surface area contributed by atoms with Crippen LogP contribution in [-0.2, 0) is 4.74 Å².